The predicted octanol–water partition coefficient (Wildman–Crippen LogP) is 4.58. The summed E-state index contributed by atoms with van der Waals surface area (Å²) in [4.78, 5) is 61.0. The van der Waals surface area contributed by atoms with Crippen LogP contribution in [0.5, 0.6) is 0 Å². The van der Waals surface area contributed by atoms with Crippen molar-refractivity contribution in [1.82, 2.24) is 25.3 Å². The molecule has 10 heteroatoms. The van der Waals surface area contributed by atoms with E-state index < -0.39 is 17.5 Å². The molecule has 1 aromatic heterocycles. The van der Waals surface area contributed by atoms with Crippen molar-refractivity contribution >= 4 is 35.0 Å². The molecule has 0 unspecified atom stereocenters. The summed E-state index contributed by atoms with van der Waals surface area (Å²) in [6.45, 7) is 17.8. The Bertz CT molecular complexity index is 1170. The van der Waals surface area contributed by atoms with E-state index in [0.29, 0.717) is 25.1 Å². The zero-order chi connectivity index (χ0) is 32.8. The van der Waals surface area contributed by atoms with Crippen LogP contribution in [0.3, 0.4) is 0 Å². The van der Waals surface area contributed by atoms with Gasteiger partial charge in [0.15, 0.2) is 0 Å². The second-order valence-corrected chi connectivity index (χ2v) is 15.2. The van der Waals surface area contributed by atoms with Gasteiger partial charge in [0.25, 0.3) is 0 Å². The normalized spacial score (nSPS) is 21.3. The zero-order valence-corrected chi connectivity index (χ0v) is 29.1. The lowest BCUT2D eigenvalue weighted by Gasteiger charge is -2.41. The zero-order valence-electron chi connectivity index (χ0n) is 28.3. The highest BCUT2D eigenvalue weighted by Crippen LogP contribution is 2.27. The molecule has 2 saturated heterocycles. The Kier molecular flexibility index (Phi) is 12.6. The van der Waals surface area contributed by atoms with Crippen molar-refractivity contribution in [3.8, 4) is 0 Å². The number of amides is 4. The van der Waals surface area contributed by atoms with Crippen molar-refractivity contribution in [3.05, 3.63) is 34.0 Å². The van der Waals surface area contributed by atoms with Crippen LogP contribution in [-0.2, 0) is 25.7 Å². The van der Waals surface area contributed by atoms with Crippen molar-refractivity contribution < 1.29 is 19.2 Å². The van der Waals surface area contributed by atoms with E-state index in [2.05, 4.69) is 29.4 Å². The van der Waals surface area contributed by atoms with Gasteiger partial charge in [0.2, 0.25) is 23.6 Å². The molecular weight excluding hydrogens is 574 g/mol. The summed E-state index contributed by atoms with van der Waals surface area (Å²) in [6, 6.07) is 2.33. The number of likely N-dealkylation sites (N-methyl/N-ethyl adjacent to an activating group) is 1. The lowest BCUT2D eigenvalue weighted by atomic mass is 9.84. The Morgan fingerprint density at radius 1 is 1.02 bits per heavy atom. The summed E-state index contributed by atoms with van der Waals surface area (Å²) >= 11 is 1.59. The predicted molar refractivity (Wildman–Crippen MR) is 177 cm³/mol. The molecule has 0 aromatic carbocycles. The molecule has 44 heavy (non-hydrogen) atoms. The molecule has 0 aliphatic carbocycles. The summed E-state index contributed by atoms with van der Waals surface area (Å²) in [5, 5.41) is 8.10. The first-order chi connectivity index (χ1) is 20.6. The van der Waals surface area contributed by atoms with E-state index in [1.807, 2.05) is 58.2 Å². The first-order valence-electron chi connectivity index (χ1n) is 16.3. The number of piperidine rings is 1. The topological polar surface area (TPSA) is 102 Å². The second kappa shape index (κ2) is 15.5. The fourth-order valence-electron chi connectivity index (χ4n) is 6.38. The van der Waals surface area contributed by atoms with Gasteiger partial charge in [-0.1, -0.05) is 53.2 Å². The van der Waals surface area contributed by atoms with Crippen LogP contribution in [0.15, 0.2) is 29.2 Å². The van der Waals surface area contributed by atoms with Crippen LogP contribution in [0, 0.1) is 11.3 Å². The lowest BCUT2D eigenvalue weighted by Crippen LogP contribution is -2.60. The largest absolute Gasteiger partial charge is 0.349 e. The molecule has 3 heterocycles. The monoisotopic (exact) mass is 629 g/mol. The quantitative estimate of drug-likeness (QED) is 0.349. The molecule has 0 saturated carbocycles. The maximum absolute atomic E-state index is 14.1. The number of rotatable bonds is 11. The number of hydrogen-bond acceptors (Lipinski definition) is 6. The highest BCUT2D eigenvalue weighted by atomic mass is 32.1. The molecule has 2 aliphatic rings. The Morgan fingerprint density at radius 3 is 2.30 bits per heavy atom. The van der Waals surface area contributed by atoms with Crippen LogP contribution in [0.1, 0.15) is 92.4 Å². The Morgan fingerprint density at radius 2 is 1.70 bits per heavy atom. The van der Waals surface area contributed by atoms with Crippen LogP contribution in [0.4, 0.5) is 0 Å². The van der Waals surface area contributed by atoms with E-state index in [-0.39, 0.29) is 47.7 Å². The molecule has 4 atom stereocenters. The van der Waals surface area contributed by atoms with Crippen LogP contribution in [-0.4, -0.2) is 88.7 Å². The molecule has 9 nitrogen and oxygen atoms in total. The molecular formula is C34H55N5O4S. The van der Waals surface area contributed by atoms with Gasteiger partial charge in [-0.2, -0.15) is 0 Å². The average molecular weight is 630 g/mol. The van der Waals surface area contributed by atoms with Crippen molar-refractivity contribution in [2.45, 2.75) is 124 Å². The summed E-state index contributed by atoms with van der Waals surface area (Å²) in [7, 11) is 1.75. The number of nitrogens with zero attached hydrogens (tertiary/aromatic N) is 3. The van der Waals surface area contributed by atoms with Crippen LogP contribution in [0.25, 0.3) is 0 Å². The van der Waals surface area contributed by atoms with E-state index in [4.69, 9.17) is 0 Å². The van der Waals surface area contributed by atoms with Crippen molar-refractivity contribution in [2.24, 2.45) is 11.3 Å². The van der Waals surface area contributed by atoms with Crippen LogP contribution >= 0.6 is 11.3 Å². The molecule has 1 aromatic rings. The number of carbonyl (C=O) groups excluding carboxylic acids is 4. The van der Waals surface area contributed by atoms with Gasteiger partial charge in [0, 0.05) is 30.1 Å². The van der Waals surface area contributed by atoms with Gasteiger partial charge >= 0.3 is 0 Å². The Hall–Kier alpha value is -2.72. The van der Waals surface area contributed by atoms with E-state index in [0.717, 1.165) is 37.1 Å². The van der Waals surface area contributed by atoms with Gasteiger partial charge in [-0.15, -0.1) is 11.3 Å². The molecule has 4 amide bonds. The molecule has 0 radical (unpaired) electrons. The summed E-state index contributed by atoms with van der Waals surface area (Å²) < 4.78 is 0. The molecule has 2 aliphatic heterocycles. The Labute approximate surface area is 268 Å². The minimum Gasteiger partial charge on any atom is -0.349 e. The highest BCUT2D eigenvalue weighted by molar-refractivity contribution is 7.09. The third-order valence-electron chi connectivity index (χ3n) is 8.98. The number of hydrogen-bond donors (Lipinski definition) is 2. The fourth-order valence-corrected chi connectivity index (χ4v) is 7.03. The molecule has 0 spiro atoms. The van der Waals surface area contributed by atoms with Gasteiger partial charge in [0.05, 0.1) is 18.6 Å². The third kappa shape index (κ3) is 8.93. The summed E-state index contributed by atoms with van der Waals surface area (Å²) in [5.41, 5.74) is -0.0133. The summed E-state index contributed by atoms with van der Waals surface area (Å²) in [5.74, 6) is -0.582. The minimum atomic E-state index is -0.725. The van der Waals surface area contributed by atoms with E-state index in [1.165, 1.54) is 0 Å². The molecule has 3 rings (SSSR count). The van der Waals surface area contributed by atoms with Crippen molar-refractivity contribution in [2.75, 3.05) is 20.1 Å². The first-order valence-corrected chi connectivity index (χ1v) is 17.1. The molecule has 0 bridgehead atoms. The van der Waals surface area contributed by atoms with Gasteiger partial charge in [-0.3, -0.25) is 24.1 Å². The van der Waals surface area contributed by atoms with Gasteiger partial charge in [-0.25, -0.2) is 0 Å². The van der Waals surface area contributed by atoms with Crippen molar-refractivity contribution in [3.63, 3.8) is 0 Å². The number of nitrogens with one attached hydrogen (secondary N) is 2. The molecule has 2 N–H and O–H groups in total. The SMILES string of the molecule is C/C(=C\[C@H](C(C)C)N(C)C(=O)[C@@H](NC(=O)[C@H]1CCCCN1C(C)C)C(C)(C)C)C(=O)N1CCC[C@H]1C(=O)NCc1cccs1. The molecule has 246 valence electrons. The number of thiophene rings is 1. The number of likely N-dealkylation sites (tertiary alicyclic amines) is 2. The van der Waals surface area contributed by atoms with Gasteiger partial charge in [0.1, 0.15) is 12.1 Å². The van der Waals surface area contributed by atoms with Crippen molar-refractivity contribution in [1.29, 1.82) is 0 Å². The maximum atomic E-state index is 14.1. The van der Waals surface area contributed by atoms with Gasteiger partial charge < -0.3 is 20.4 Å². The van der Waals surface area contributed by atoms with E-state index in [9.17, 15) is 19.2 Å². The maximum Gasteiger partial charge on any atom is 0.249 e. The highest BCUT2D eigenvalue weighted by Gasteiger charge is 2.40. The van der Waals surface area contributed by atoms with Crippen LogP contribution < -0.4 is 10.6 Å². The fraction of sp³-hybridized carbons (Fsp3) is 0.706. The Balaban J connectivity index is 1.75. The molecule has 2 fully saturated rings. The summed E-state index contributed by atoms with van der Waals surface area (Å²) in [6.07, 6.45) is 6.11. The van der Waals surface area contributed by atoms with Crippen LogP contribution in [0.2, 0.25) is 0 Å². The minimum absolute atomic E-state index is 0.0151. The first kappa shape index (κ1) is 35.8. The number of carbonyl (C=O) groups is 4. The third-order valence-corrected chi connectivity index (χ3v) is 9.86. The average Bonchev–Trinajstić information content (AvgIpc) is 3.68. The lowest BCUT2D eigenvalue weighted by molar-refractivity contribution is -0.142. The smallest absolute Gasteiger partial charge is 0.249 e. The van der Waals surface area contributed by atoms with Gasteiger partial charge in [-0.05, 0) is 75.8 Å². The van der Waals surface area contributed by atoms with E-state index in [1.54, 1.807) is 35.1 Å². The van der Waals surface area contributed by atoms with E-state index >= 15 is 0 Å². The second-order valence-electron chi connectivity index (χ2n) is 14.1. The standard InChI is InChI=1S/C34H55N5O4S/c1-22(2)28(20-24(5)32(42)39-18-12-16-26(39)30(40)35-21-25-14-13-19-44-25)37(9)33(43)29(34(6,7)8)36-31(41)27-15-10-11-17-38(27)23(3)4/h13-14,19-20,22-23,26-29H,10-12,15-18,21H2,1-9H3,(H,35,40)(H,36,41)/b24-20+/t26-,27+,28+,29+/m0/s1.